The first-order valence-corrected chi connectivity index (χ1v) is 6.39. The summed E-state index contributed by atoms with van der Waals surface area (Å²) in [6.45, 7) is 1.99. The minimum atomic E-state index is -0.773. The number of primary amides is 1. The third-order valence-corrected chi connectivity index (χ3v) is 3.05. The number of hydrogen-bond donors (Lipinski definition) is 2. The molecule has 106 valence electrons. The predicted molar refractivity (Wildman–Crippen MR) is 81.2 cm³/mol. The number of rotatable bonds is 4. The first-order valence-electron chi connectivity index (χ1n) is 6.39. The van der Waals surface area contributed by atoms with Crippen LogP contribution in [0.2, 0.25) is 0 Å². The van der Waals surface area contributed by atoms with E-state index < -0.39 is 5.91 Å². The largest absolute Gasteiger partial charge is 0.507 e. The number of nitrogens with two attached hydrogens (primary N) is 1. The highest BCUT2D eigenvalue weighted by atomic mass is 16.3. The van der Waals surface area contributed by atoms with Crippen molar-refractivity contribution in [2.75, 3.05) is 0 Å². The van der Waals surface area contributed by atoms with Crippen LogP contribution in [0.1, 0.15) is 31.8 Å². The molecule has 1 amide bonds. The van der Waals surface area contributed by atoms with E-state index in [1.54, 1.807) is 6.08 Å². The first-order chi connectivity index (χ1) is 9.97. The third kappa shape index (κ3) is 3.57. The second-order valence-electron chi connectivity index (χ2n) is 4.70. The fourth-order valence-corrected chi connectivity index (χ4v) is 1.83. The average Bonchev–Trinajstić information content (AvgIpc) is 2.46. The molecular weight excluding hydrogens is 266 g/mol. The molecule has 0 unspecified atom stereocenters. The van der Waals surface area contributed by atoms with Crippen LogP contribution in [0.3, 0.4) is 0 Å². The molecule has 2 rings (SSSR count). The summed E-state index contributed by atoms with van der Waals surface area (Å²) >= 11 is 0. The third-order valence-electron chi connectivity index (χ3n) is 3.05. The number of carbonyl (C=O) groups is 2. The van der Waals surface area contributed by atoms with Gasteiger partial charge in [-0.15, -0.1) is 0 Å². The molecule has 0 aliphatic carbocycles. The van der Waals surface area contributed by atoms with Gasteiger partial charge < -0.3 is 10.8 Å². The van der Waals surface area contributed by atoms with Gasteiger partial charge in [0.05, 0.1) is 5.56 Å². The minimum Gasteiger partial charge on any atom is -0.507 e. The molecule has 0 spiro atoms. The van der Waals surface area contributed by atoms with E-state index in [2.05, 4.69) is 0 Å². The lowest BCUT2D eigenvalue weighted by molar-refractivity contribution is 0.0997. The van der Waals surface area contributed by atoms with E-state index in [-0.39, 0.29) is 17.1 Å². The molecule has 2 aromatic carbocycles. The minimum absolute atomic E-state index is 0.0652. The number of aryl methyl sites for hydroxylation is 1. The zero-order chi connectivity index (χ0) is 15.4. The highest BCUT2D eigenvalue weighted by Gasteiger charge is 2.11. The van der Waals surface area contributed by atoms with E-state index in [1.807, 2.05) is 31.2 Å². The van der Waals surface area contributed by atoms with Gasteiger partial charge in [-0.1, -0.05) is 35.9 Å². The smallest absolute Gasteiger partial charge is 0.252 e. The van der Waals surface area contributed by atoms with Gasteiger partial charge in [-0.25, -0.2) is 0 Å². The topological polar surface area (TPSA) is 80.4 Å². The molecule has 0 atom stereocenters. The van der Waals surface area contributed by atoms with E-state index in [4.69, 9.17) is 5.73 Å². The molecule has 0 aliphatic heterocycles. The molecule has 0 saturated carbocycles. The summed E-state index contributed by atoms with van der Waals surface area (Å²) in [5, 5.41) is 9.49. The average molecular weight is 281 g/mol. The van der Waals surface area contributed by atoms with Crippen LogP contribution in [0.25, 0.3) is 6.08 Å². The van der Waals surface area contributed by atoms with Crippen molar-refractivity contribution in [1.82, 2.24) is 0 Å². The van der Waals surface area contributed by atoms with Crippen molar-refractivity contribution in [2.45, 2.75) is 6.92 Å². The van der Waals surface area contributed by atoms with Crippen molar-refractivity contribution in [3.63, 3.8) is 0 Å². The predicted octanol–water partition coefficient (Wildman–Crippen LogP) is 2.70. The number of aromatic hydroxyl groups is 1. The number of benzene rings is 2. The fraction of sp³-hybridized carbons (Fsp3) is 0.0588. The van der Waals surface area contributed by atoms with E-state index >= 15 is 0 Å². The maximum absolute atomic E-state index is 12.1. The van der Waals surface area contributed by atoms with Crippen LogP contribution in [0.5, 0.6) is 5.75 Å². The number of hydrogen-bond acceptors (Lipinski definition) is 3. The Morgan fingerprint density at radius 1 is 1.10 bits per heavy atom. The Hall–Kier alpha value is -2.88. The zero-order valence-electron chi connectivity index (χ0n) is 11.5. The van der Waals surface area contributed by atoms with Crippen LogP contribution in [-0.2, 0) is 0 Å². The Labute approximate surface area is 122 Å². The molecule has 2 aromatic rings. The Bertz CT molecular complexity index is 715. The lowest BCUT2D eigenvalue weighted by Gasteiger charge is -2.02. The number of allylic oxidation sites excluding steroid dienone is 1. The van der Waals surface area contributed by atoms with Crippen LogP contribution in [0, 0.1) is 6.92 Å². The lowest BCUT2D eigenvalue weighted by atomic mass is 10.0. The molecule has 0 heterocycles. The molecule has 0 bridgehead atoms. The summed E-state index contributed by atoms with van der Waals surface area (Å²) in [5.41, 5.74) is 7.41. The van der Waals surface area contributed by atoms with E-state index in [0.29, 0.717) is 5.56 Å². The van der Waals surface area contributed by atoms with Gasteiger partial charge in [0.1, 0.15) is 5.75 Å². The van der Waals surface area contributed by atoms with Gasteiger partial charge in [0.2, 0.25) is 0 Å². The second kappa shape index (κ2) is 6.05. The normalized spacial score (nSPS) is 10.7. The van der Waals surface area contributed by atoms with Crippen molar-refractivity contribution < 1.29 is 14.7 Å². The summed E-state index contributed by atoms with van der Waals surface area (Å²) in [6, 6.07) is 11.7. The molecule has 4 heteroatoms. The Morgan fingerprint density at radius 3 is 2.38 bits per heavy atom. The second-order valence-corrected chi connectivity index (χ2v) is 4.70. The molecular formula is C17H15NO3. The Balaban J connectivity index is 2.22. The Morgan fingerprint density at radius 2 is 1.76 bits per heavy atom. The quantitative estimate of drug-likeness (QED) is 0.668. The van der Waals surface area contributed by atoms with E-state index in [0.717, 1.165) is 11.1 Å². The standard InChI is InChI=1S/C17H15NO3/c1-11-2-4-12(5-3-11)6-8-15(19)13-7-9-16(20)14(10-13)17(18)21/h2-10,20H,1H3,(H2,18,21)/b8-6+. The van der Waals surface area contributed by atoms with E-state index in [1.165, 1.54) is 24.3 Å². The van der Waals surface area contributed by atoms with Gasteiger partial charge >= 0.3 is 0 Å². The molecule has 0 aromatic heterocycles. The monoisotopic (exact) mass is 281 g/mol. The van der Waals surface area contributed by atoms with Gasteiger partial charge in [0, 0.05) is 5.56 Å². The molecule has 0 radical (unpaired) electrons. The van der Waals surface area contributed by atoms with Crippen LogP contribution in [0.15, 0.2) is 48.5 Å². The fourth-order valence-electron chi connectivity index (χ4n) is 1.83. The van der Waals surface area contributed by atoms with Crippen molar-refractivity contribution in [3.8, 4) is 5.75 Å². The van der Waals surface area contributed by atoms with E-state index in [9.17, 15) is 14.7 Å². The van der Waals surface area contributed by atoms with Crippen molar-refractivity contribution in [1.29, 1.82) is 0 Å². The maximum Gasteiger partial charge on any atom is 0.252 e. The lowest BCUT2D eigenvalue weighted by Crippen LogP contribution is -2.12. The van der Waals surface area contributed by atoms with Gasteiger partial charge in [0.25, 0.3) is 5.91 Å². The molecule has 4 nitrogen and oxygen atoms in total. The van der Waals surface area contributed by atoms with Gasteiger partial charge in [-0.2, -0.15) is 0 Å². The van der Waals surface area contributed by atoms with Crippen molar-refractivity contribution >= 4 is 17.8 Å². The number of amides is 1. The van der Waals surface area contributed by atoms with Crippen LogP contribution < -0.4 is 5.73 Å². The molecule has 0 saturated heterocycles. The van der Waals surface area contributed by atoms with Crippen LogP contribution in [-0.4, -0.2) is 16.8 Å². The van der Waals surface area contributed by atoms with Crippen LogP contribution in [0.4, 0.5) is 0 Å². The molecule has 0 fully saturated rings. The Kier molecular flexibility index (Phi) is 4.18. The van der Waals surface area contributed by atoms with Gasteiger partial charge in [-0.05, 0) is 36.8 Å². The number of phenols is 1. The van der Waals surface area contributed by atoms with Crippen LogP contribution >= 0.6 is 0 Å². The van der Waals surface area contributed by atoms with Crippen molar-refractivity contribution in [3.05, 3.63) is 70.8 Å². The molecule has 0 aliphatic rings. The van der Waals surface area contributed by atoms with Crippen molar-refractivity contribution in [2.24, 2.45) is 5.73 Å². The highest BCUT2D eigenvalue weighted by molar-refractivity contribution is 6.08. The summed E-state index contributed by atoms with van der Waals surface area (Å²) < 4.78 is 0. The summed E-state index contributed by atoms with van der Waals surface area (Å²) in [4.78, 5) is 23.2. The first kappa shape index (κ1) is 14.5. The maximum atomic E-state index is 12.1. The summed E-state index contributed by atoms with van der Waals surface area (Å²) in [5.74, 6) is -1.27. The SMILES string of the molecule is Cc1ccc(/C=C/C(=O)c2ccc(O)c(C(N)=O)c2)cc1. The van der Waals surface area contributed by atoms with Gasteiger partial charge in [0.15, 0.2) is 5.78 Å². The number of carbonyl (C=O) groups excluding carboxylic acids is 2. The number of ketones is 1. The molecule has 3 N–H and O–H groups in total. The summed E-state index contributed by atoms with van der Waals surface area (Å²) in [7, 11) is 0. The molecule has 21 heavy (non-hydrogen) atoms. The van der Waals surface area contributed by atoms with Gasteiger partial charge in [-0.3, -0.25) is 9.59 Å². The summed E-state index contributed by atoms with van der Waals surface area (Å²) in [6.07, 6.45) is 3.11. The zero-order valence-corrected chi connectivity index (χ0v) is 11.5. The highest BCUT2D eigenvalue weighted by Crippen LogP contribution is 2.18.